The van der Waals surface area contributed by atoms with E-state index >= 15 is 0 Å². The smallest absolute Gasteiger partial charge is 0.320 e. The number of aliphatic carboxylic acids is 1. The van der Waals surface area contributed by atoms with Crippen LogP contribution in [-0.4, -0.2) is 59.5 Å². The summed E-state index contributed by atoms with van der Waals surface area (Å²) in [6.07, 6.45) is 2.16. The lowest BCUT2D eigenvalue weighted by molar-refractivity contribution is -0.141. The van der Waals surface area contributed by atoms with Gasteiger partial charge >= 0.3 is 5.97 Å². The van der Waals surface area contributed by atoms with Crippen molar-refractivity contribution >= 4 is 11.9 Å². The number of hydrogen-bond donors (Lipinski definition) is 1. The van der Waals surface area contributed by atoms with E-state index in [1.165, 1.54) is 12.1 Å². The van der Waals surface area contributed by atoms with Crippen LogP contribution in [0.25, 0.3) is 0 Å². The summed E-state index contributed by atoms with van der Waals surface area (Å²) in [7, 11) is 1.84. The first-order chi connectivity index (χ1) is 10.9. The van der Waals surface area contributed by atoms with E-state index in [9.17, 15) is 19.1 Å². The number of rotatable bonds is 2. The van der Waals surface area contributed by atoms with Crippen LogP contribution in [0.1, 0.15) is 29.6 Å². The first kappa shape index (κ1) is 15.9. The molecule has 1 aromatic rings. The van der Waals surface area contributed by atoms with E-state index in [1.54, 1.807) is 17.0 Å². The van der Waals surface area contributed by atoms with Crippen molar-refractivity contribution in [2.45, 2.75) is 25.3 Å². The van der Waals surface area contributed by atoms with Gasteiger partial charge in [0, 0.05) is 19.6 Å². The van der Waals surface area contributed by atoms with E-state index in [1.807, 2.05) is 11.9 Å². The molecular formula is C17H21FN2O3. The van der Waals surface area contributed by atoms with Crippen LogP contribution in [0.15, 0.2) is 24.3 Å². The molecule has 3 rings (SSSR count). The van der Waals surface area contributed by atoms with Crippen molar-refractivity contribution in [3.63, 3.8) is 0 Å². The Bertz CT molecular complexity index is 626. The van der Waals surface area contributed by atoms with Crippen molar-refractivity contribution in [3.05, 3.63) is 35.6 Å². The largest absolute Gasteiger partial charge is 0.480 e. The van der Waals surface area contributed by atoms with Gasteiger partial charge in [-0.15, -0.1) is 0 Å². The third-order valence-corrected chi connectivity index (χ3v) is 5.24. The monoisotopic (exact) mass is 320 g/mol. The lowest BCUT2D eigenvalue weighted by atomic mass is 9.76. The van der Waals surface area contributed by atoms with E-state index in [0.717, 1.165) is 19.4 Å². The Hall–Kier alpha value is -1.95. The van der Waals surface area contributed by atoms with E-state index in [2.05, 4.69) is 0 Å². The molecule has 1 N–H and O–H groups in total. The van der Waals surface area contributed by atoms with E-state index in [4.69, 9.17) is 0 Å². The number of piperidine rings is 1. The first-order valence-electron chi connectivity index (χ1n) is 7.89. The highest BCUT2D eigenvalue weighted by atomic mass is 19.1. The molecule has 124 valence electrons. The summed E-state index contributed by atoms with van der Waals surface area (Å²) in [5.41, 5.74) is 0.0690. The summed E-state index contributed by atoms with van der Waals surface area (Å²) in [5, 5.41) is 9.27. The fourth-order valence-electron chi connectivity index (χ4n) is 3.90. The number of likely N-dealkylation sites (tertiary alicyclic amines) is 2. The second-order valence-corrected chi connectivity index (χ2v) is 6.75. The maximum Gasteiger partial charge on any atom is 0.320 e. The fraction of sp³-hybridized carbons (Fsp3) is 0.529. The van der Waals surface area contributed by atoms with Crippen LogP contribution in [-0.2, 0) is 4.79 Å². The minimum atomic E-state index is -0.783. The summed E-state index contributed by atoms with van der Waals surface area (Å²) in [6.45, 7) is 1.84. The van der Waals surface area contributed by atoms with Gasteiger partial charge in [-0.1, -0.05) is 12.1 Å². The molecule has 6 heteroatoms. The van der Waals surface area contributed by atoms with Gasteiger partial charge in [0.05, 0.1) is 5.56 Å². The Labute approximate surface area is 134 Å². The number of carbonyl (C=O) groups excluding carboxylic acids is 1. The van der Waals surface area contributed by atoms with Crippen LogP contribution in [0.4, 0.5) is 4.39 Å². The van der Waals surface area contributed by atoms with Gasteiger partial charge in [0.1, 0.15) is 11.9 Å². The molecule has 0 bridgehead atoms. The molecule has 1 spiro atoms. The zero-order valence-electron chi connectivity index (χ0n) is 13.2. The average Bonchev–Trinajstić information content (AvgIpc) is 2.84. The van der Waals surface area contributed by atoms with Crippen molar-refractivity contribution in [2.24, 2.45) is 5.41 Å². The molecule has 2 aliphatic rings. The zero-order chi connectivity index (χ0) is 16.6. The molecule has 2 saturated heterocycles. The van der Waals surface area contributed by atoms with Gasteiger partial charge in [-0.25, -0.2) is 4.39 Å². The van der Waals surface area contributed by atoms with Gasteiger partial charge in [-0.2, -0.15) is 0 Å². The summed E-state index contributed by atoms with van der Waals surface area (Å²) in [5.74, 6) is -1.56. The van der Waals surface area contributed by atoms with Crippen molar-refractivity contribution in [3.8, 4) is 0 Å². The maximum absolute atomic E-state index is 13.8. The van der Waals surface area contributed by atoms with E-state index in [-0.39, 0.29) is 16.9 Å². The summed E-state index contributed by atoms with van der Waals surface area (Å²) < 4.78 is 13.8. The van der Waals surface area contributed by atoms with Crippen molar-refractivity contribution in [2.75, 3.05) is 26.7 Å². The van der Waals surface area contributed by atoms with Gasteiger partial charge in [-0.05, 0) is 43.9 Å². The summed E-state index contributed by atoms with van der Waals surface area (Å²) in [6, 6.07) is 5.58. The Kier molecular flexibility index (Phi) is 4.10. The van der Waals surface area contributed by atoms with Crippen molar-refractivity contribution < 1.29 is 19.1 Å². The molecule has 0 aromatic heterocycles. The Morgan fingerprint density at radius 3 is 2.48 bits per heavy atom. The Balaban J connectivity index is 1.66. The Morgan fingerprint density at radius 1 is 1.26 bits per heavy atom. The van der Waals surface area contributed by atoms with Crippen LogP contribution < -0.4 is 0 Å². The van der Waals surface area contributed by atoms with Crippen LogP contribution in [0.2, 0.25) is 0 Å². The van der Waals surface area contributed by atoms with Crippen molar-refractivity contribution in [1.29, 1.82) is 0 Å². The quantitative estimate of drug-likeness (QED) is 0.903. The fourth-order valence-corrected chi connectivity index (χ4v) is 3.90. The second-order valence-electron chi connectivity index (χ2n) is 6.75. The number of amides is 1. The lowest BCUT2D eigenvalue weighted by Crippen LogP contribution is -2.44. The molecule has 1 atom stereocenters. The van der Waals surface area contributed by atoms with E-state index in [0.29, 0.717) is 19.5 Å². The van der Waals surface area contributed by atoms with Crippen LogP contribution in [0.3, 0.4) is 0 Å². The van der Waals surface area contributed by atoms with Gasteiger partial charge in [0.2, 0.25) is 0 Å². The Morgan fingerprint density at radius 2 is 1.91 bits per heavy atom. The van der Waals surface area contributed by atoms with Crippen LogP contribution in [0.5, 0.6) is 0 Å². The maximum atomic E-state index is 13.8. The molecular weight excluding hydrogens is 299 g/mol. The second kappa shape index (κ2) is 5.92. The number of hydrogen-bond acceptors (Lipinski definition) is 3. The third-order valence-electron chi connectivity index (χ3n) is 5.24. The average molecular weight is 320 g/mol. The van der Waals surface area contributed by atoms with Gasteiger partial charge < -0.3 is 10.0 Å². The number of nitrogens with zero attached hydrogens (tertiary/aromatic N) is 2. The molecule has 2 aliphatic heterocycles. The number of carboxylic acid groups (broad SMARTS) is 1. The van der Waals surface area contributed by atoms with Gasteiger partial charge in [-0.3, -0.25) is 14.5 Å². The highest BCUT2D eigenvalue weighted by Gasteiger charge is 2.47. The summed E-state index contributed by atoms with van der Waals surface area (Å²) in [4.78, 5) is 27.3. The number of carboxylic acids is 1. The topological polar surface area (TPSA) is 60.9 Å². The van der Waals surface area contributed by atoms with E-state index < -0.39 is 17.8 Å². The molecule has 0 saturated carbocycles. The predicted octanol–water partition coefficient (Wildman–Crippen LogP) is 1.84. The molecule has 1 aromatic carbocycles. The zero-order valence-corrected chi connectivity index (χ0v) is 13.2. The van der Waals surface area contributed by atoms with Crippen molar-refractivity contribution in [1.82, 2.24) is 9.80 Å². The normalized spacial score (nSPS) is 24.1. The molecule has 2 heterocycles. The minimum Gasteiger partial charge on any atom is -0.480 e. The highest BCUT2D eigenvalue weighted by Crippen LogP contribution is 2.43. The van der Waals surface area contributed by atoms with Gasteiger partial charge in [0.15, 0.2) is 0 Å². The SMILES string of the molecule is CN1CC2(CCN(C(=O)c3ccccc3F)CC2)CC1C(=O)O. The number of carbonyl (C=O) groups is 2. The van der Waals surface area contributed by atoms with Crippen LogP contribution >= 0.6 is 0 Å². The first-order valence-corrected chi connectivity index (χ1v) is 7.89. The van der Waals surface area contributed by atoms with Gasteiger partial charge in [0.25, 0.3) is 5.91 Å². The molecule has 0 aliphatic carbocycles. The molecule has 23 heavy (non-hydrogen) atoms. The lowest BCUT2D eigenvalue weighted by Gasteiger charge is -2.39. The standard InChI is InChI=1S/C17H21FN2O3/c1-19-11-17(10-14(19)16(22)23)6-8-20(9-7-17)15(21)12-4-2-3-5-13(12)18/h2-5,14H,6-11H2,1H3,(H,22,23). The molecule has 2 fully saturated rings. The number of halogens is 1. The number of benzene rings is 1. The third kappa shape index (κ3) is 2.95. The highest BCUT2D eigenvalue weighted by molar-refractivity contribution is 5.94. The van der Waals surface area contributed by atoms with Crippen LogP contribution in [0, 0.1) is 11.2 Å². The number of likely N-dealkylation sites (N-methyl/N-ethyl adjacent to an activating group) is 1. The molecule has 5 nitrogen and oxygen atoms in total. The summed E-state index contributed by atoms with van der Waals surface area (Å²) >= 11 is 0. The molecule has 1 amide bonds. The molecule has 1 unspecified atom stereocenters. The predicted molar refractivity (Wildman–Crippen MR) is 82.6 cm³/mol. The minimum absolute atomic E-state index is 0.0379. The molecule has 0 radical (unpaired) electrons.